The predicted octanol–water partition coefficient (Wildman–Crippen LogP) is 3.76. The molecule has 1 saturated carbocycles. The van der Waals surface area contributed by atoms with Crippen LogP contribution in [0.25, 0.3) is 0 Å². The van der Waals surface area contributed by atoms with E-state index in [-0.39, 0.29) is 6.04 Å². The van der Waals surface area contributed by atoms with Gasteiger partial charge in [0.2, 0.25) is 0 Å². The average molecular weight is 358 g/mol. The summed E-state index contributed by atoms with van der Waals surface area (Å²) in [5, 5.41) is 0. The Morgan fingerprint density at radius 3 is 2.41 bits per heavy atom. The summed E-state index contributed by atoms with van der Waals surface area (Å²) in [5.74, 6) is 0.759. The van der Waals surface area contributed by atoms with Crippen LogP contribution in [0.4, 0.5) is 0 Å². The maximum absolute atomic E-state index is 12.8. The Hall–Kier alpha value is -1.08. The van der Waals surface area contributed by atoms with Gasteiger partial charge in [-0.25, -0.2) is 8.42 Å². The van der Waals surface area contributed by atoms with Crippen LogP contribution >= 0.6 is 22.9 Å². The summed E-state index contributed by atoms with van der Waals surface area (Å²) >= 11 is 6.98. The van der Waals surface area contributed by atoms with Gasteiger partial charge in [-0.05, 0) is 42.7 Å². The number of rotatable bonds is 6. The first-order valence-corrected chi connectivity index (χ1v) is 9.54. The van der Waals surface area contributed by atoms with E-state index >= 15 is 0 Å². The standard InChI is InChI=1S/C15H16ClNO3S2/c1-20-13-6-2-11(3-7-13)10-17(12-4-5-12)22(18,19)15-9-8-14(16)21-15/h2-3,6-9,12H,4-5,10H2,1H3. The molecule has 0 saturated heterocycles. The van der Waals surface area contributed by atoms with Crippen molar-refractivity contribution in [3.63, 3.8) is 0 Å². The van der Waals surface area contributed by atoms with Gasteiger partial charge < -0.3 is 4.74 Å². The molecule has 4 nitrogen and oxygen atoms in total. The Morgan fingerprint density at radius 2 is 1.91 bits per heavy atom. The maximum atomic E-state index is 12.8. The highest BCUT2D eigenvalue weighted by molar-refractivity contribution is 7.91. The van der Waals surface area contributed by atoms with Crippen molar-refractivity contribution in [1.29, 1.82) is 0 Å². The van der Waals surface area contributed by atoms with Crippen molar-refractivity contribution >= 4 is 33.0 Å². The molecule has 1 fully saturated rings. The molecule has 1 aromatic heterocycles. The van der Waals surface area contributed by atoms with E-state index in [4.69, 9.17) is 16.3 Å². The van der Waals surface area contributed by atoms with Gasteiger partial charge in [0.25, 0.3) is 10.0 Å². The number of hydrogen-bond acceptors (Lipinski definition) is 4. The van der Waals surface area contributed by atoms with E-state index in [1.54, 1.807) is 23.5 Å². The number of nitrogens with zero attached hydrogens (tertiary/aromatic N) is 1. The zero-order valence-corrected chi connectivity index (χ0v) is 14.4. The molecule has 0 atom stereocenters. The lowest BCUT2D eigenvalue weighted by molar-refractivity contribution is 0.398. The minimum Gasteiger partial charge on any atom is -0.497 e. The maximum Gasteiger partial charge on any atom is 0.253 e. The van der Waals surface area contributed by atoms with Gasteiger partial charge in [0.15, 0.2) is 0 Å². The van der Waals surface area contributed by atoms with Gasteiger partial charge in [-0.1, -0.05) is 23.7 Å². The molecule has 22 heavy (non-hydrogen) atoms. The van der Waals surface area contributed by atoms with Crippen LogP contribution in [0.3, 0.4) is 0 Å². The molecule has 0 radical (unpaired) electrons. The van der Waals surface area contributed by atoms with Crippen molar-refractivity contribution in [2.75, 3.05) is 7.11 Å². The van der Waals surface area contributed by atoms with E-state index in [2.05, 4.69) is 0 Å². The Labute approximate surface area is 139 Å². The molecule has 0 unspecified atom stereocenters. The average Bonchev–Trinajstić information content (AvgIpc) is 3.25. The highest BCUT2D eigenvalue weighted by atomic mass is 35.5. The predicted molar refractivity (Wildman–Crippen MR) is 88.1 cm³/mol. The van der Waals surface area contributed by atoms with Crippen LogP contribution in [0.15, 0.2) is 40.6 Å². The summed E-state index contributed by atoms with van der Waals surface area (Å²) in [5.41, 5.74) is 0.943. The number of hydrogen-bond donors (Lipinski definition) is 0. The van der Waals surface area contributed by atoms with E-state index in [0.29, 0.717) is 15.1 Å². The van der Waals surface area contributed by atoms with Crippen LogP contribution in [0, 0.1) is 0 Å². The summed E-state index contributed by atoms with van der Waals surface area (Å²) in [6.45, 7) is 0.368. The zero-order valence-electron chi connectivity index (χ0n) is 12.0. The fraction of sp³-hybridized carbons (Fsp3) is 0.333. The number of ether oxygens (including phenoxy) is 1. The molecule has 1 aliphatic carbocycles. The Morgan fingerprint density at radius 1 is 1.23 bits per heavy atom. The molecule has 3 rings (SSSR count). The molecule has 0 bridgehead atoms. The second kappa shape index (κ2) is 6.20. The number of halogens is 1. The highest BCUT2D eigenvalue weighted by Gasteiger charge is 2.38. The summed E-state index contributed by atoms with van der Waals surface area (Å²) < 4.78 is 33.1. The Kier molecular flexibility index (Phi) is 4.45. The van der Waals surface area contributed by atoms with Gasteiger partial charge >= 0.3 is 0 Å². The molecule has 7 heteroatoms. The van der Waals surface area contributed by atoms with Gasteiger partial charge in [-0.3, -0.25) is 0 Å². The molecular formula is C15H16ClNO3S2. The summed E-state index contributed by atoms with van der Waals surface area (Å²) in [4.78, 5) is 0. The normalized spacial score (nSPS) is 15.2. The minimum atomic E-state index is -3.49. The van der Waals surface area contributed by atoms with Crippen molar-refractivity contribution in [3.8, 4) is 5.75 Å². The Bertz CT molecular complexity index is 751. The molecule has 2 aromatic rings. The third-order valence-electron chi connectivity index (χ3n) is 3.56. The summed E-state index contributed by atoms with van der Waals surface area (Å²) in [6, 6.07) is 10.8. The minimum absolute atomic E-state index is 0.0907. The van der Waals surface area contributed by atoms with Gasteiger partial charge in [-0.15, -0.1) is 11.3 Å². The lowest BCUT2D eigenvalue weighted by atomic mass is 10.2. The lowest BCUT2D eigenvalue weighted by Gasteiger charge is -2.21. The Balaban J connectivity index is 1.86. The zero-order chi connectivity index (χ0) is 15.7. The second-order valence-corrected chi connectivity index (χ2v) is 9.02. The third kappa shape index (κ3) is 3.30. The number of thiophene rings is 1. The molecular weight excluding hydrogens is 342 g/mol. The molecule has 0 aliphatic heterocycles. The smallest absolute Gasteiger partial charge is 0.253 e. The quantitative estimate of drug-likeness (QED) is 0.790. The van der Waals surface area contributed by atoms with Crippen molar-refractivity contribution in [2.45, 2.75) is 29.6 Å². The van der Waals surface area contributed by atoms with E-state index in [1.807, 2.05) is 24.3 Å². The molecule has 1 aliphatic rings. The molecule has 0 N–H and O–H groups in total. The van der Waals surface area contributed by atoms with Crippen molar-refractivity contribution in [1.82, 2.24) is 4.31 Å². The largest absolute Gasteiger partial charge is 0.497 e. The number of methoxy groups -OCH3 is 1. The SMILES string of the molecule is COc1ccc(CN(C2CC2)S(=O)(=O)c2ccc(Cl)s2)cc1. The highest BCUT2D eigenvalue weighted by Crippen LogP contribution is 2.36. The van der Waals surface area contributed by atoms with Gasteiger partial charge in [0.1, 0.15) is 9.96 Å². The fourth-order valence-electron chi connectivity index (χ4n) is 2.24. The number of sulfonamides is 1. The van der Waals surface area contributed by atoms with Crippen LogP contribution in [-0.2, 0) is 16.6 Å². The fourth-order valence-corrected chi connectivity index (χ4v) is 5.52. The van der Waals surface area contributed by atoms with Crippen molar-refractivity contribution in [2.24, 2.45) is 0 Å². The van der Waals surface area contributed by atoms with Crippen molar-refractivity contribution < 1.29 is 13.2 Å². The van der Waals surface area contributed by atoms with Crippen LogP contribution in [0.2, 0.25) is 4.34 Å². The van der Waals surface area contributed by atoms with Crippen molar-refractivity contribution in [3.05, 3.63) is 46.3 Å². The molecule has 118 valence electrons. The van der Waals surface area contributed by atoms with Gasteiger partial charge in [-0.2, -0.15) is 4.31 Å². The molecule has 1 aromatic carbocycles. The first-order valence-electron chi connectivity index (χ1n) is 6.91. The third-order valence-corrected chi connectivity index (χ3v) is 7.16. The van der Waals surface area contributed by atoms with Gasteiger partial charge in [0.05, 0.1) is 11.4 Å². The lowest BCUT2D eigenvalue weighted by Crippen LogP contribution is -2.32. The summed E-state index contributed by atoms with van der Waals surface area (Å²) in [7, 11) is -1.89. The molecule has 1 heterocycles. The molecule has 0 spiro atoms. The first-order chi connectivity index (χ1) is 10.5. The summed E-state index contributed by atoms with van der Waals surface area (Å²) in [6.07, 6.45) is 1.82. The van der Waals surface area contributed by atoms with E-state index in [1.165, 1.54) is 0 Å². The second-order valence-electron chi connectivity index (χ2n) is 5.19. The van der Waals surface area contributed by atoms with Crippen LogP contribution in [0.5, 0.6) is 5.75 Å². The number of benzene rings is 1. The van der Waals surface area contributed by atoms with Crippen LogP contribution in [0.1, 0.15) is 18.4 Å². The van der Waals surface area contributed by atoms with Crippen LogP contribution in [-0.4, -0.2) is 25.9 Å². The molecule has 0 amide bonds. The first kappa shape index (κ1) is 15.8. The van der Waals surface area contributed by atoms with Crippen LogP contribution < -0.4 is 4.74 Å². The van der Waals surface area contributed by atoms with E-state index < -0.39 is 10.0 Å². The van der Waals surface area contributed by atoms with E-state index in [0.717, 1.165) is 35.5 Å². The topological polar surface area (TPSA) is 46.6 Å². The van der Waals surface area contributed by atoms with Gasteiger partial charge in [0, 0.05) is 12.6 Å². The van der Waals surface area contributed by atoms with E-state index in [9.17, 15) is 8.42 Å². The monoisotopic (exact) mass is 357 g/mol.